The Hall–Kier alpha value is -4.82. The van der Waals surface area contributed by atoms with E-state index < -0.39 is 0 Å². The second-order valence-electron chi connectivity index (χ2n) is 14.9. The molecule has 9 rings (SSSR count). The Morgan fingerprint density at radius 1 is 0.729 bits per heavy atom. The van der Waals surface area contributed by atoms with E-state index in [2.05, 4.69) is 158 Å². The van der Waals surface area contributed by atoms with Gasteiger partial charge in [-0.25, -0.2) is 0 Å². The Labute approximate surface area is 285 Å². The summed E-state index contributed by atoms with van der Waals surface area (Å²) in [5.74, 6) is 1.24. The SMILES string of the molecule is CC1CC=C(N(C2=CCC3C(=C2)C(C)(C)c2ccccc23)c2ccc(C3=Cc4c(n(-c5ccccc5)c5ccccc45)CC3)cc2)CC1. The number of aromatic nitrogens is 1. The number of hydrogen-bond donors (Lipinski definition) is 0. The van der Waals surface area contributed by atoms with Crippen molar-refractivity contribution >= 4 is 28.2 Å². The van der Waals surface area contributed by atoms with Crippen LogP contribution < -0.4 is 4.90 Å². The van der Waals surface area contributed by atoms with Gasteiger partial charge in [0.1, 0.15) is 0 Å². The minimum atomic E-state index is 0.0434. The van der Waals surface area contributed by atoms with Gasteiger partial charge in [0.2, 0.25) is 0 Å². The zero-order chi connectivity index (χ0) is 32.4. The predicted octanol–water partition coefficient (Wildman–Crippen LogP) is 11.9. The number of nitrogens with zero attached hydrogens (tertiary/aromatic N) is 2. The molecule has 0 spiro atoms. The first-order valence-electron chi connectivity index (χ1n) is 18.0. The lowest BCUT2D eigenvalue weighted by Crippen LogP contribution is -2.26. The molecule has 2 heteroatoms. The summed E-state index contributed by atoms with van der Waals surface area (Å²) in [6.07, 6.45) is 16.7. The maximum atomic E-state index is 2.58. The molecule has 0 N–H and O–H groups in total. The van der Waals surface area contributed by atoms with E-state index in [1.165, 1.54) is 73.6 Å². The van der Waals surface area contributed by atoms with Crippen LogP contribution in [0.3, 0.4) is 0 Å². The maximum Gasteiger partial charge on any atom is 0.0537 e. The van der Waals surface area contributed by atoms with Crippen molar-refractivity contribution in [3.8, 4) is 5.69 Å². The van der Waals surface area contributed by atoms with Crippen LogP contribution in [-0.2, 0) is 11.8 Å². The molecule has 2 nitrogen and oxygen atoms in total. The number of anilines is 1. The molecule has 1 heterocycles. The van der Waals surface area contributed by atoms with E-state index in [0.29, 0.717) is 5.92 Å². The van der Waals surface area contributed by atoms with E-state index in [0.717, 1.165) is 38.0 Å². The van der Waals surface area contributed by atoms with Gasteiger partial charge >= 0.3 is 0 Å². The van der Waals surface area contributed by atoms with Crippen molar-refractivity contribution in [1.82, 2.24) is 4.57 Å². The smallest absolute Gasteiger partial charge is 0.0537 e. The average Bonchev–Trinajstić information content (AvgIpc) is 3.58. The van der Waals surface area contributed by atoms with Gasteiger partial charge < -0.3 is 9.47 Å². The van der Waals surface area contributed by atoms with Gasteiger partial charge in [0.25, 0.3) is 0 Å². The van der Waals surface area contributed by atoms with Crippen LogP contribution in [0, 0.1) is 5.92 Å². The van der Waals surface area contributed by atoms with Crippen LogP contribution in [0.25, 0.3) is 28.2 Å². The van der Waals surface area contributed by atoms with Crippen LogP contribution in [0.15, 0.2) is 138 Å². The topological polar surface area (TPSA) is 8.17 Å². The van der Waals surface area contributed by atoms with Crippen molar-refractivity contribution < 1.29 is 0 Å². The summed E-state index contributed by atoms with van der Waals surface area (Å²) in [5.41, 5.74) is 16.7. The van der Waals surface area contributed by atoms with Gasteiger partial charge in [-0.1, -0.05) is 111 Å². The molecule has 0 saturated heterocycles. The van der Waals surface area contributed by atoms with E-state index in [4.69, 9.17) is 0 Å². The van der Waals surface area contributed by atoms with E-state index >= 15 is 0 Å². The molecule has 0 fully saturated rings. The number of para-hydroxylation sites is 2. The van der Waals surface area contributed by atoms with Crippen LogP contribution in [0.4, 0.5) is 5.69 Å². The predicted molar refractivity (Wildman–Crippen MR) is 202 cm³/mol. The summed E-state index contributed by atoms with van der Waals surface area (Å²) in [6.45, 7) is 7.22. The third kappa shape index (κ3) is 4.68. The van der Waals surface area contributed by atoms with Crippen LogP contribution in [0.1, 0.15) is 86.7 Å². The van der Waals surface area contributed by atoms with E-state index in [1.807, 2.05) is 0 Å². The molecular formula is C46H44N2. The summed E-state index contributed by atoms with van der Waals surface area (Å²) in [4.78, 5) is 2.58. The second-order valence-corrected chi connectivity index (χ2v) is 14.9. The van der Waals surface area contributed by atoms with Gasteiger partial charge in [0.15, 0.2) is 0 Å². The molecule has 2 unspecified atom stereocenters. The van der Waals surface area contributed by atoms with Gasteiger partial charge in [0, 0.05) is 50.7 Å². The molecule has 0 radical (unpaired) electrons. The number of hydrogen-bond acceptors (Lipinski definition) is 1. The quantitative estimate of drug-likeness (QED) is 0.189. The summed E-state index contributed by atoms with van der Waals surface area (Å²) in [5, 5.41) is 1.34. The first-order chi connectivity index (χ1) is 23.5. The zero-order valence-corrected chi connectivity index (χ0v) is 28.4. The first kappa shape index (κ1) is 29.3. The van der Waals surface area contributed by atoms with Crippen LogP contribution in [0.5, 0.6) is 0 Å². The van der Waals surface area contributed by atoms with Gasteiger partial charge in [-0.15, -0.1) is 0 Å². The summed E-state index contributed by atoms with van der Waals surface area (Å²) in [7, 11) is 0. The third-order valence-electron chi connectivity index (χ3n) is 11.6. The van der Waals surface area contributed by atoms with Gasteiger partial charge in [-0.3, -0.25) is 0 Å². The molecule has 0 amide bonds. The molecule has 48 heavy (non-hydrogen) atoms. The van der Waals surface area contributed by atoms with Crippen LogP contribution in [0.2, 0.25) is 0 Å². The fraction of sp³-hybridized carbons (Fsp3) is 0.261. The highest BCUT2D eigenvalue weighted by Crippen LogP contribution is 2.54. The Balaban J connectivity index is 1.08. The summed E-state index contributed by atoms with van der Waals surface area (Å²) < 4.78 is 2.47. The Kier molecular flexibility index (Phi) is 6.97. The standard InChI is InChI=1S/C46H44N2/c1-31-17-22-35(23-18-31)47(37-26-27-39-38-13-7-9-15-42(38)46(2,3)43(39)30-37)36-24-19-32(20-25-36)33-21-28-45-41(29-33)40-14-8-10-16-44(40)48(45)34-11-5-4-6-12-34/h4-16,19-20,22,24-26,29-31,39H,17-18,21,23,27-28H2,1-3H3. The molecule has 0 aliphatic heterocycles. The van der Waals surface area contributed by atoms with Gasteiger partial charge in [0.05, 0.1) is 5.52 Å². The van der Waals surface area contributed by atoms with Crippen molar-refractivity contribution in [2.45, 2.75) is 70.6 Å². The fourth-order valence-electron chi connectivity index (χ4n) is 9.06. The van der Waals surface area contributed by atoms with Crippen molar-refractivity contribution in [2.75, 3.05) is 4.90 Å². The average molecular weight is 625 g/mol. The number of rotatable bonds is 5. The molecule has 4 aliphatic carbocycles. The molecular weight excluding hydrogens is 581 g/mol. The van der Waals surface area contributed by atoms with E-state index in [9.17, 15) is 0 Å². The van der Waals surface area contributed by atoms with E-state index in [1.54, 1.807) is 5.57 Å². The zero-order valence-electron chi connectivity index (χ0n) is 28.4. The third-order valence-corrected chi connectivity index (χ3v) is 11.6. The Bertz CT molecular complexity index is 2170. The Morgan fingerprint density at radius 2 is 1.50 bits per heavy atom. The second kappa shape index (κ2) is 11.4. The first-order valence-corrected chi connectivity index (χ1v) is 18.0. The lowest BCUT2D eigenvalue weighted by atomic mass is 9.78. The lowest BCUT2D eigenvalue weighted by Gasteiger charge is -2.35. The summed E-state index contributed by atoms with van der Waals surface area (Å²) >= 11 is 0. The maximum absolute atomic E-state index is 2.58. The summed E-state index contributed by atoms with van der Waals surface area (Å²) in [6, 6.07) is 38.3. The molecule has 5 aromatic rings. The van der Waals surface area contributed by atoms with Crippen LogP contribution >= 0.6 is 0 Å². The molecule has 4 aromatic carbocycles. The molecule has 4 aliphatic rings. The number of fused-ring (bicyclic) bond motifs is 6. The molecule has 0 bridgehead atoms. The van der Waals surface area contributed by atoms with Crippen molar-refractivity contribution in [3.63, 3.8) is 0 Å². The lowest BCUT2D eigenvalue weighted by molar-refractivity contribution is 0.509. The normalized spacial score (nSPS) is 21.0. The number of benzene rings is 4. The highest BCUT2D eigenvalue weighted by atomic mass is 15.2. The largest absolute Gasteiger partial charge is 0.315 e. The minimum absolute atomic E-state index is 0.0434. The monoisotopic (exact) mass is 624 g/mol. The van der Waals surface area contributed by atoms with E-state index in [-0.39, 0.29) is 5.41 Å². The molecule has 238 valence electrons. The minimum Gasteiger partial charge on any atom is -0.315 e. The fourth-order valence-corrected chi connectivity index (χ4v) is 9.06. The molecule has 1 aromatic heterocycles. The van der Waals surface area contributed by atoms with Crippen molar-refractivity contribution in [3.05, 3.63) is 166 Å². The highest BCUT2D eigenvalue weighted by Gasteiger charge is 2.42. The highest BCUT2D eigenvalue weighted by molar-refractivity contribution is 5.99. The van der Waals surface area contributed by atoms with Crippen LogP contribution in [-0.4, -0.2) is 4.57 Å². The Morgan fingerprint density at radius 3 is 2.31 bits per heavy atom. The van der Waals surface area contributed by atoms with Crippen molar-refractivity contribution in [2.24, 2.45) is 5.92 Å². The molecule has 0 saturated carbocycles. The molecule has 2 atom stereocenters. The van der Waals surface area contributed by atoms with Gasteiger partial charge in [-0.2, -0.15) is 0 Å². The van der Waals surface area contributed by atoms with Gasteiger partial charge in [-0.05, 0) is 109 Å². The van der Waals surface area contributed by atoms with Crippen molar-refractivity contribution in [1.29, 1.82) is 0 Å². The number of allylic oxidation sites excluding steroid dienone is 6.